The molecule has 2 fully saturated rings. The van der Waals surface area contributed by atoms with Crippen molar-refractivity contribution in [1.82, 2.24) is 19.7 Å². The molecular formula is C20H24N4O. The summed E-state index contributed by atoms with van der Waals surface area (Å²) in [5.41, 5.74) is 1.31. The first-order valence-corrected chi connectivity index (χ1v) is 9.57. The maximum Gasteiger partial charge on any atom is 0.226 e. The van der Waals surface area contributed by atoms with Crippen molar-refractivity contribution in [2.24, 2.45) is 5.92 Å². The van der Waals surface area contributed by atoms with Gasteiger partial charge in [0, 0.05) is 37.9 Å². The molecule has 0 bridgehead atoms. The molecule has 1 aliphatic carbocycles. The number of hydrogen-bond donors (Lipinski definition) is 0. The highest BCUT2D eigenvalue weighted by Gasteiger charge is 2.46. The maximum atomic E-state index is 12.8. The Morgan fingerprint density at radius 2 is 1.84 bits per heavy atom. The van der Waals surface area contributed by atoms with Crippen LogP contribution in [-0.2, 0) is 17.8 Å². The van der Waals surface area contributed by atoms with Gasteiger partial charge in [0.2, 0.25) is 5.91 Å². The van der Waals surface area contributed by atoms with Crippen LogP contribution in [0.1, 0.15) is 54.7 Å². The topological polar surface area (TPSA) is 51.0 Å². The number of amides is 1. The first kappa shape index (κ1) is 15.1. The highest BCUT2D eigenvalue weighted by Crippen LogP contribution is 2.48. The van der Waals surface area contributed by atoms with Crippen LogP contribution in [0.25, 0.3) is 0 Å². The third kappa shape index (κ3) is 2.66. The summed E-state index contributed by atoms with van der Waals surface area (Å²) in [6.07, 6.45) is 5.31. The lowest BCUT2D eigenvalue weighted by Gasteiger charge is -2.32. The Bertz CT molecular complexity index is 776. The average molecular weight is 336 g/mol. The molecular weight excluding hydrogens is 312 g/mol. The van der Waals surface area contributed by atoms with Crippen LogP contribution in [0.4, 0.5) is 0 Å². The fourth-order valence-corrected chi connectivity index (χ4v) is 4.60. The minimum absolute atomic E-state index is 0.205. The van der Waals surface area contributed by atoms with Crippen LogP contribution in [0.15, 0.2) is 30.3 Å². The number of aromatic nitrogens is 3. The Morgan fingerprint density at radius 1 is 1.04 bits per heavy atom. The number of piperidine rings is 1. The van der Waals surface area contributed by atoms with Gasteiger partial charge in [-0.25, -0.2) is 0 Å². The van der Waals surface area contributed by atoms with Gasteiger partial charge in [0.25, 0.3) is 0 Å². The Balaban J connectivity index is 1.20. The zero-order valence-electron chi connectivity index (χ0n) is 14.5. The van der Waals surface area contributed by atoms with E-state index >= 15 is 0 Å². The second-order valence-corrected chi connectivity index (χ2v) is 7.69. The molecule has 5 rings (SSSR count). The van der Waals surface area contributed by atoms with Crippen LogP contribution in [0.3, 0.4) is 0 Å². The van der Waals surface area contributed by atoms with Crippen molar-refractivity contribution >= 4 is 5.91 Å². The van der Waals surface area contributed by atoms with E-state index in [9.17, 15) is 4.79 Å². The van der Waals surface area contributed by atoms with E-state index in [0.717, 1.165) is 57.0 Å². The number of aryl methyl sites for hydroxylation is 1. The van der Waals surface area contributed by atoms with Gasteiger partial charge in [0.05, 0.1) is 0 Å². The molecule has 3 aliphatic rings. The van der Waals surface area contributed by atoms with Crippen LogP contribution in [0, 0.1) is 5.92 Å². The lowest BCUT2D eigenvalue weighted by atomic mass is 9.95. The second-order valence-electron chi connectivity index (χ2n) is 7.69. The lowest BCUT2D eigenvalue weighted by Crippen LogP contribution is -2.39. The van der Waals surface area contributed by atoms with Crippen LogP contribution in [-0.4, -0.2) is 38.7 Å². The zero-order valence-corrected chi connectivity index (χ0v) is 14.5. The minimum atomic E-state index is 0.205. The number of hydrogen-bond acceptors (Lipinski definition) is 3. The summed E-state index contributed by atoms with van der Waals surface area (Å²) in [4.78, 5) is 14.9. The largest absolute Gasteiger partial charge is 0.342 e. The molecule has 1 saturated carbocycles. The molecule has 5 heteroatoms. The molecule has 5 nitrogen and oxygen atoms in total. The Morgan fingerprint density at radius 3 is 2.64 bits per heavy atom. The summed E-state index contributed by atoms with van der Waals surface area (Å²) in [6, 6.07) is 10.5. The summed E-state index contributed by atoms with van der Waals surface area (Å²) in [5.74, 6) is 3.78. The molecule has 1 saturated heterocycles. The van der Waals surface area contributed by atoms with Crippen molar-refractivity contribution in [1.29, 1.82) is 0 Å². The Labute approximate surface area is 148 Å². The first-order chi connectivity index (χ1) is 12.3. The van der Waals surface area contributed by atoms with E-state index in [4.69, 9.17) is 0 Å². The van der Waals surface area contributed by atoms with Gasteiger partial charge < -0.3 is 9.47 Å². The summed E-state index contributed by atoms with van der Waals surface area (Å²) in [6.45, 7) is 2.80. The normalized spacial score (nSPS) is 25.8. The molecule has 2 aromatic rings. The van der Waals surface area contributed by atoms with E-state index in [1.54, 1.807) is 0 Å². The van der Waals surface area contributed by atoms with Crippen molar-refractivity contribution in [2.45, 2.75) is 50.5 Å². The highest BCUT2D eigenvalue weighted by molar-refractivity contribution is 5.83. The number of fused-ring (bicyclic) bond motifs is 1. The van der Waals surface area contributed by atoms with Gasteiger partial charge >= 0.3 is 0 Å². The molecule has 3 heterocycles. The molecule has 25 heavy (non-hydrogen) atoms. The van der Waals surface area contributed by atoms with E-state index in [0.29, 0.717) is 17.7 Å². The molecule has 1 aromatic heterocycles. The van der Waals surface area contributed by atoms with Crippen molar-refractivity contribution in [3.8, 4) is 0 Å². The molecule has 0 spiro atoms. The summed E-state index contributed by atoms with van der Waals surface area (Å²) in [7, 11) is 0. The second kappa shape index (κ2) is 5.97. The molecule has 130 valence electrons. The van der Waals surface area contributed by atoms with Gasteiger partial charge in [-0.15, -0.1) is 10.2 Å². The summed E-state index contributed by atoms with van der Waals surface area (Å²) >= 11 is 0. The molecule has 2 aliphatic heterocycles. The average Bonchev–Trinajstić information content (AvgIpc) is 3.15. The number of carbonyl (C=O) groups excluding carboxylic acids is 1. The third-order valence-electron chi connectivity index (χ3n) is 6.15. The van der Waals surface area contributed by atoms with E-state index in [1.165, 1.54) is 12.0 Å². The SMILES string of the molecule is O=C([C@@H]1C[C@@H]1c1ccccc1)N1CCC(c2nnc3n2CCC3)CC1. The quantitative estimate of drug-likeness (QED) is 0.866. The number of benzene rings is 1. The van der Waals surface area contributed by atoms with Crippen LogP contribution in [0.2, 0.25) is 0 Å². The van der Waals surface area contributed by atoms with Crippen LogP contribution < -0.4 is 0 Å². The molecule has 1 amide bonds. The van der Waals surface area contributed by atoms with E-state index < -0.39 is 0 Å². The number of carbonyl (C=O) groups is 1. The number of likely N-dealkylation sites (tertiary alicyclic amines) is 1. The number of nitrogens with zero attached hydrogens (tertiary/aromatic N) is 4. The van der Waals surface area contributed by atoms with Gasteiger partial charge in [-0.3, -0.25) is 4.79 Å². The fourth-order valence-electron chi connectivity index (χ4n) is 4.60. The molecule has 2 atom stereocenters. The molecule has 1 aromatic carbocycles. The number of rotatable bonds is 3. The predicted molar refractivity (Wildman–Crippen MR) is 94.2 cm³/mol. The Kier molecular flexibility index (Phi) is 3.61. The maximum absolute atomic E-state index is 12.8. The Hall–Kier alpha value is -2.17. The van der Waals surface area contributed by atoms with Crippen molar-refractivity contribution in [2.75, 3.05) is 13.1 Å². The van der Waals surface area contributed by atoms with Crippen molar-refractivity contribution in [3.63, 3.8) is 0 Å². The van der Waals surface area contributed by atoms with Crippen LogP contribution >= 0.6 is 0 Å². The molecule has 0 unspecified atom stereocenters. The van der Waals surface area contributed by atoms with Crippen molar-refractivity contribution in [3.05, 3.63) is 47.5 Å². The van der Waals surface area contributed by atoms with Crippen molar-refractivity contribution < 1.29 is 4.79 Å². The predicted octanol–water partition coefficient (Wildman–Crippen LogP) is 2.73. The van der Waals surface area contributed by atoms with E-state index in [2.05, 4.69) is 43.9 Å². The fraction of sp³-hybridized carbons (Fsp3) is 0.550. The van der Waals surface area contributed by atoms with Gasteiger partial charge in [-0.2, -0.15) is 0 Å². The molecule has 0 N–H and O–H groups in total. The van der Waals surface area contributed by atoms with Gasteiger partial charge in [-0.05, 0) is 37.2 Å². The summed E-state index contributed by atoms with van der Waals surface area (Å²) < 4.78 is 2.31. The highest BCUT2D eigenvalue weighted by atomic mass is 16.2. The standard InChI is InChI=1S/C20H24N4O/c25-20(17-13-16(17)14-5-2-1-3-6-14)23-11-8-15(9-12-23)19-22-21-18-7-4-10-24(18)19/h1-3,5-6,15-17H,4,7-13H2/t16-,17-/m1/s1. The van der Waals surface area contributed by atoms with E-state index in [1.807, 2.05) is 6.07 Å². The third-order valence-corrected chi connectivity index (χ3v) is 6.15. The minimum Gasteiger partial charge on any atom is -0.342 e. The van der Waals surface area contributed by atoms with Gasteiger partial charge in [0.15, 0.2) is 0 Å². The van der Waals surface area contributed by atoms with Crippen LogP contribution in [0.5, 0.6) is 0 Å². The molecule has 0 radical (unpaired) electrons. The van der Waals surface area contributed by atoms with Gasteiger partial charge in [0.1, 0.15) is 11.6 Å². The van der Waals surface area contributed by atoms with Gasteiger partial charge in [-0.1, -0.05) is 30.3 Å². The lowest BCUT2D eigenvalue weighted by molar-refractivity contribution is -0.133. The summed E-state index contributed by atoms with van der Waals surface area (Å²) in [5, 5.41) is 8.78. The monoisotopic (exact) mass is 336 g/mol. The zero-order chi connectivity index (χ0) is 16.8. The van der Waals surface area contributed by atoms with E-state index in [-0.39, 0.29) is 5.92 Å². The smallest absolute Gasteiger partial charge is 0.226 e. The first-order valence-electron chi connectivity index (χ1n) is 9.57.